The van der Waals surface area contributed by atoms with Crippen LogP contribution in [0.4, 0.5) is 13.2 Å². The summed E-state index contributed by atoms with van der Waals surface area (Å²) in [6.45, 7) is -0.448. The van der Waals surface area contributed by atoms with Crippen LogP contribution in [0.1, 0.15) is 12.0 Å². The van der Waals surface area contributed by atoms with Gasteiger partial charge in [-0.15, -0.1) is 11.6 Å². The number of para-hydroxylation sites is 1. The molecule has 0 unspecified atom stereocenters. The molecule has 19 heavy (non-hydrogen) atoms. The lowest BCUT2D eigenvalue weighted by Crippen LogP contribution is -2.13. The largest absolute Gasteiger partial charge is 0.477 e. The number of benzene rings is 1. The Morgan fingerprint density at radius 2 is 1.95 bits per heavy atom. The number of pyridine rings is 1. The molecule has 0 N–H and O–H groups in total. The zero-order valence-corrected chi connectivity index (χ0v) is 10.6. The summed E-state index contributed by atoms with van der Waals surface area (Å²) in [5.41, 5.74) is 1.44. The summed E-state index contributed by atoms with van der Waals surface area (Å²) in [7, 11) is 0. The van der Waals surface area contributed by atoms with Crippen molar-refractivity contribution in [1.29, 1.82) is 0 Å². The van der Waals surface area contributed by atoms with Crippen LogP contribution in [-0.4, -0.2) is 17.8 Å². The third-order valence-electron chi connectivity index (χ3n) is 2.56. The number of rotatable bonds is 4. The number of hydrogen-bond acceptors (Lipinski definition) is 2. The van der Waals surface area contributed by atoms with E-state index in [1.807, 2.05) is 12.1 Å². The molecule has 0 amide bonds. The highest BCUT2D eigenvalue weighted by Crippen LogP contribution is 2.24. The van der Waals surface area contributed by atoms with Gasteiger partial charge < -0.3 is 4.74 Å². The topological polar surface area (TPSA) is 22.1 Å². The number of nitrogens with zero attached hydrogens (tertiary/aromatic N) is 1. The molecule has 0 aliphatic rings. The lowest BCUT2D eigenvalue weighted by atomic mass is 10.1. The van der Waals surface area contributed by atoms with Crippen molar-refractivity contribution in [3.8, 4) is 5.88 Å². The SMILES string of the molecule is FC(F)(F)CCOc1cc(CCl)c2ccccc2n1. The first-order valence-electron chi connectivity index (χ1n) is 5.64. The van der Waals surface area contributed by atoms with Crippen LogP contribution in [0, 0.1) is 0 Å². The third-order valence-corrected chi connectivity index (χ3v) is 2.85. The summed E-state index contributed by atoms with van der Waals surface area (Å²) in [5, 5.41) is 0.876. The minimum absolute atomic E-state index is 0.165. The molecule has 6 heteroatoms. The second kappa shape index (κ2) is 5.65. The Morgan fingerprint density at radius 1 is 1.21 bits per heavy atom. The monoisotopic (exact) mass is 289 g/mol. The summed E-state index contributed by atoms with van der Waals surface area (Å²) in [4.78, 5) is 4.16. The van der Waals surface area contributed by atoms with Gasteiger partial charge in [-0.1, -0.05) is 18.2 Å². The molecule has 0 aliphatic heterocycles. The molecule has 2 rings (SSSR count). The number of hydrogen-bond donors (Lipinski definition) is 0. The van der Waals surface area contributed by atoms with Gasteiger partial charge in [0.2, 0.25) is 5.88 Å². The van der Waals surface area contributed by atoms with Crippen molar-refractivity contribution in [2.45, 2.75) is 18.5 Å². The van der Waals surface area contributed by atoms with E-state index >= 15 is 0 Å². The van der Waals surface area contributed by atoms with Gasteiger partial charge in [0.15, 0.2) is 0 Å². The smallest absolute Gasteiger partial charge is 0.392 e. The molecular formula is C13H11ClF3NO. The summed E-state index contributed by atoms with van der Waals surface area (Å²) in [6.07, 6.45) is -5.23. The van der Waals surface area contributed by atoms with Crippen molar-refractivity contribution in [3.05, 3.63) is 35.9 Å². The van der Waals surface area contributed by atoms with Gasteiger partial charge in [-0.2, -0.15) is 13.2 Å². The average Bonchev–Trinajstić information content (AvgIpc) is 2.36. The highest BCUT2D eigenvalue weighted by atomic mass is 35.5. The molecule has 1 heterocycles. The van der Waals surface area contributed by atoms with Gasteiger partial charge in [0, 0.05) is 17.3 Å². The zero-order valence-electron chi connectivity index (χ0n) is 9.88. The standard InChI is InChI=1S/C13H11ClF3NO/c14-8-9-7-12(19-6-5-13(15,16)17)18-11-4-2-1-3-10(9)11/h1-4,7H,5-6,8H2. The number of halogens is 4. The fraction of sp³-hybridized carbons (Fsp3) is 0.308. The third kappa shape index (κ3) is 3.73. The Labute approximate surface area is 113 Å². The van der Waals surface area contributed by atoms with Crippen LogP contribution >= 0.6 is 11.6 Å². The quantitative estimate of drug-likeness (QED) is 0.783. The van der Waals surface area contributed by atoms with Gasteiger partial charge in [-0.25, -0.2) is 4.98 Å². The van der Waals surface area contributed by atoms with E-state index in [9.17, 15) is 13.2 Å². The van der Waals surface area contributed by atoms with E-state index in [0.29, 0.717) is 5.52 Å². The predicted octanol–water partition coefficient (Wildman–Crippen LogP) is 4.30. The van der Waals surface area contributed by atoms with Gasteiger partial charge >= 0.3 is 6.18 Å². The van der Waals surface area contributed by atoms with E-state index in [-0.39, 0.29) is 11.8 Å². The van der Waals surface area contributed by atoms with Crippen LogP contribution in [0.25, 0.3) is 10.9 Å². The van der Waals surface area contributed by atoms with Crippen molar-refractivity contribution < 1.29 is 17.9 Å². The maximum absolute atomic E-state index is 12.0. The molecule has 102 valence electrons. The molecule has 2 aromatic rings. The molecule has 1 aromatic heterocycles. The van der Waals surface area contributed by atoms with Crippen molar-refractivity contribution in [2.24, 2.45) is 0 Å². The minimum atomic E-state index is -4.23. The molecule has 2 nitrogen and oxygen atoms in total. The van der Waals surface area contributed by atoms with Crippen LogP contribution in [0.2, 0.25) is 0 Å². The zero-order chi connectivity index (χ0) is 13.9. The first-order valence-corrected chi connectivity index (χ1v) is 6.17. The van der Waals surface area contributed by atoms with Crippen LogP contribution in [0.3, 0.4) is 0 Å². The molecule has 0 bridgehead atoms. The normalized spacial score (nSPS) is 11.8. The van der Waals surface area contributed by atoms with Crippen LogP contribution in [-0.2, 0) is 5.88 Å². The fourth-order valence-electron chi connectivity index (χ4n) is 1.68. The first-order chi connectivity index (χ1) is 8.99. The van der Waals surface area contributed by atoms with E-state index in [2.05, 4.69) is 4.98 Å². The molecule has 0 atom stereocenters. The lowest BCUT2D eigenvalue weighted by molar-refractivity contribution is -0.139. The van der Waals surface area contributed by atoms with Crippen LogP contribution in [0.15, 0.2) is 30.3 Å². The molecule has 0 saturated heterocycles. The van der Waals surface area contributed by atoms with Crippen molar-refractivity contribution in [1.82, 2.24) is 4.98 Å². The molecule has 0 radical (unpaired) electrons. The number of aromatic nitrogens is 1. The molecule has 0 spiro atoms. The van der Waals surface area contributed by atoms with E-state index in [1.54, 1.807) is 18.2 Å². The van der Waals surface area contributed by atoms with E-state index in [1.165, 1.54) is 0 Å². The molecular weight excluding hydrogens is 279 g/mol. The Bertz CT molecular complexity index is 571. The maximum Gasteiger partial charge on any atom is 0.392 e. The van der Waals surface area contributed by atoms with E-state index in [4.69, 9.17) is 16.3 Å². The minimum Gasteiger partial charge on any atom is -0.477 e. The van der Waals surface area contributed by atoms with Crippen molar-refractivity contribution in [3.63, 3.8) is 0 Å². The number of fused-ring (bicyclic) bond motifs is 1. The highest BCUT2D eigenvalue weighted by molar-refractivity contribution is 6.18. The second-order valence-corrected chi connectivity index (χ2v) is 4.25. The number of alkyl halides is 4. The fourth-order valence-corrected chi connectivity index (χ4v) is 1.90. The van der Waals surface area contributed by atoms with Crippen LogP contribution in [0.5, 0.6) is 5.88 Å². The Balaban J connectivity index is 2.20. The lowest BCUT2D eigenvalue weighted by Gasteiger charge is -2.10. The van der Waals surface area contributed by atoms with E-state index < -0.39 is 19.2 Å². The summed E-state index contributed by atoms with van der Waals surface area (Å²) >= 11 is 5.82. The van der Waals surface area contributed by atoms with Gasteiger partial charge in [-0.3, -0.25) is 0 Å². The van der Waals surface area contributed by atoms with Gasteiger partial charge in [0.25, 0.3) is 0 Å². The van der Waals surface area contributed by atoms with Crippen molar-refractivity contribution in [2.75, 3.05) is 6.61 Å². The number of ether oxygens (including phenoxy) is 1. The Morgan fingerprint density at radius 3 is 2.63 bits per heavy atom. The molecule has 0 aliphatic carbocycles. The summed E-state index contributed by atoms with van der Waals surface area (Å²) < 4.78 is 41.1. The molecule has 0 fully saturated rings. The first kappa shape index (κ1) is 13.9. The van der Waals surface area contributed by atoms with E-state index in [0.717, 1.165) is 10.9 Å². The van der Waals surface area contributed by atoms with Gasteiger partial charge in [0.1, 0.15) is 0 Å². The Kier molecular flexibility index (Phi) is 4.14. The average molecular weight is 290 g/mol. The molecule has 1 aromatic carbocycles. The van der Waals surface area contributed by atoms with Crippen molar-refractivity contribution >= 4 is 22.5 Å². The van der Waals surface area contributed by atoms with Gasteiger partial charge in [0.05, 0.1) is 18.5 Å². The predicted molar refractivity (Wildman–Crippen MR) is 67.5 cm³/mol. The Hall–Kier alpha value is -1.49. The second-order valence-electron chi connectivity index (χ2n) is 3.98. The maximum atomic E-state index is 12.0. The van der Waals surface area contributed by atoms with Gasteiger partial charge in [-0.05, 0) is 11.6 Å². The molecule has 0 saturated carbocycles. The summed E-state index contributed by atoms with van der Waals surface area (Å²) in [6, 6.07) is 8.85. The van der Waals surface area contributed by atoms with Crippen LogP contribution < -0.4 is 4.74 Å². The highest BCUT2D eigenvalue weighted by Gasteiger charge is 2.26. The summed E-state index contributed by atoms with van der Waals surface area (Å²) in [5.74, 6) is 0.414.